The molecule has 0 radical (unpaired) electrons. The van der Waals surface area contributed by atoms with Crippen LogP contribution in [0.3, 0.4) is 0 Å². The largest absolute Gasteiger partial charge is 0.496 e. The number of carbonyl (C=O) groups is 1. The summed E-state index contributed by atoms with van der Waals surface area (Å²) in [5.74, 6) is 1.59. The van der Waals surface area contributed by atoms with Crippen molar-refractivity contribution in [3.63, 3.8) is 0 Å². The lowest BCUT2D eigenvalue weighted by Gasteiger charge is -2.36. The quantitative estimate of drug-likeness (QED) is 0.883. The number of hydrogen-bond acceptors (Lipinski definition) is 4. The van der Waals surface area contributed by atoms with Gasteiger partial charge in [0.1, 0.15) is 5.75 Å². The number of amides is 1. The minimum absolute atomic E-state index is 0.168. The summed E-state index contributed by atoms with van der Waals surface area (Å²) in [7, 11) is 1.63. The van der Waals surface area contributed by atoms with Crippen LogP contribution in [0.2, 0.25) is 0 Å². The van der Waals surface area contributed by atoms with Crippen molar-refractivity contribution in [3.8, 4) is 5.75 Å². The molecule has 3 heterocycles. The maximum Gasteiger partial charge on any atom is 0.264 e. The summed E-state index contributed by atoms with van der Waals surface area (Å²) in [5.41, 5.74) is 0. The van der Waals surface area contributed by atoms with Gasteiger partial charge in [-0.3, -0.25) is 4.79 Å². The number of carbonyl (C=O) groups excluding carboxylic acids is 1. The van der Waals surface area contributed by atoms with Crippen molar-refractivity contribution >= 4 is 17.2 Å². The standard InChI is InChI=1S/C13H18N2O2S/c1-17-10-5-12(18-8-10)13(16)15-4-2-3-9-6-14-7-11(9)15/h5,8-9,11,14H,2-4,6-7H2,1H3. The lowest BCUT2D eigenvalue weighted by atomic mass is 9.92. The van der Waals surface area contributed by atoms with E-state index in [0.29, 0.717) is 12.0 Å². The number of rotatable bonds is 2. The van der Waals surface area contributed by atoms with E-state index in [4.69, 9.17) is 4.74 Å². The molecule has 0 saturated carbocycles. The van der Waals surface area contributed by atoms with Crippen LogP contribution in [-0.4, -0.2) is 43.6 Å². The second kappa shape index (κ2) is 4.90. The fraction of sp³-hybridized carbons (Fsp3) is 0.615. The number of likely N-dealkylation sites (tertiary alicyclic amines) is 1. The molecule has 1 aromatic heterocycles. The van der Waals surface area contributed by atoms with Gasteiger partial charge in [0.2, 0.25) is 0 Å². The Labute approximate surface area is 111 Å². The number of fused-ring (bicyclic) bond motifs is 1. The highest BCUT2D eigenvalue weighted by molar-refractivity contribution is 7.12. The maximum absolute atomic E-state index is 12.5. The minimum atomic E-state index is 0.168. The van der Waals surface area contributed by atoms with Crippen LogP contribution in [0.5, 0.6) is 5.75 Å². The Balaban J connectivity index is 1.78. The van der Waals surface area contributed by atoms with Crippen LogP contribution in [0.1, 0.15) is 22.5 Å². The first-order valence-electron chi connectivity index (χ1n) is 6.44. The van der Waals surface area contributed by atoms with Gasteiger partial charge in [0.15, 0.2) is 0 Å². The molecule has 3 rings (SSSR count). The third-order valence-electron chi connectivity index (χ3n) is 3.96. The summed E-state index contributed by atoms with van der Waals surface area (Å²) < 4.78 is 5.15. The van der Waals surface area contributed by atoms with Crippen molar-refractivity contribution in [1.29, 1.82) is 0 Å². The van der Waals surface area contributed by atoms with Crippen molar-refractivity contribution in [2.24, 2.45) is 5.92 Å². The van der Waals surface area contributed by atoms with E-state index >= 15 is 0 Å². The monoisotopic (exact) mass is 266 g/mol. The van der Waals surface area contributed by atoms with E-state index in [1.807, 2.05) is 11.4 Å². The Morgan fingerprint density at radius 1 is 1.56 bits per heavy atom. The molecule has 4 nitrogen and oxygen atoms in total. The second-order valence-electron chi connectivity index (χ2n) is 4.98. The van der Waals surface area contributed by atoms with Gasteiger partial charge in [-0.15, -0.1) is 11.3 Å². The van der Waals surface area contributed by atoms with Crippen LogP contribution in [0.4, 0.5) is 0 Å². The predicted octanol–water partition coefficient (Wildman–Crippen LogP) is 1.58. The van der Waals surface area contributed by atoms with Crippen LogP contribution < -0.4 is 10.1 Å². The molecule has 1 amide bonds. The average molecular weight is 266 g/mol. The normalized spacial score (nSPS) is 27.1. The molecule has 0 bridgehead atoms. The summed E-state index contributed by atoms with van der Waals surface area (Å²) >= 11 is 1.47. The van der Waals surface area contributed by atoms with Gasteiger partial charge in [-0.2, -0.15) is 0 Å². The number of nitrogens with zero attached hydrogens (tertiary/aromatic N) is 1. The van der Waals surface area contributed by atoms with Crippen molar-refractivity contribution in [2.45, 2.75) is 18.9 Å². The van der Waals surface area contributed by atoms with Gasteiger partial charge in [0.25, 0.3) is 5.91 Å². The fourth-order valence-electron chi connectivity index (χ4n) is 3.00. The van der Waals surface area contributed by atoms with Gasteiger partial charge < -0.3 is 15.0 Å². The van der Waals surface area contributed by atoms with E-state index in [2.05, 4.69) is 10.2 Å². The van der Waals surface area contributed by atoms with Gasteiger partial charge in [0, 0.05) is 37.1 Å². The van der Waals surface area contributed by atoms with E-state index < -0.39 is 0 Å². The molecule has 0 spiro atoms. The zero-order chi connectivity index (χ0) is 12.5. The smallest absolute Gasteiger partial charge is 0.264 e. The van der Waals surface area contributed by atoms with E-state index in [1.165, 1.54) is 17.8 Å². The van der Waals surface area contributed by atoms with Crippen LogP contribution in [-0.2, 0) is 0 Å². The molecule has 2 saturated heterocycles. The highest BCUT2D eigenvalue weighted by atomic mass is 32.1. The zero-order valence-electron chi connectivity index (χ0n) is 10.5. The number of piperidine rings is 1. The molecular formula is C13H18N2O2S. The zero-order valence-corrected chi connectivity index (χ0v) is 11.3. The van der Waals surface area contributed by atoms with Crippen LogP contribution >= 0.6 is 11.3 Å². The summed E-state index contributed by atoms with van der Waals surface area (Å²) in [6, 6.07) is 2.23. The van der Waals surface area contributed by atoms with Crippen molar-refractivity contribution in [3.05, 3.63) is 16.3 Å². The number of ether oxygens (including phenoxy) is 1. The summed E-state index contributed by atoms with van der Waals surface area (Å²) in [6.45, 7) is 2.89. The molecule has 2 unspecified atom stereocenters. The van der Waals surface area contributed by atoms with E-state index in [1.54, 1.807) is 7.11 Å². The first kappa shape index (κ1) is 12.0. The summed E-state index contributed by atoms with van der Waals surface area (Å²) in [4.78, 5) is 15.4. The van der Waals surface area contributed by atoms with Crippen LogP contribution in [0, 0.1) is 5.92 Å². The number of methoxy groups -OCH3 is 1. The molecular weight excluding hydrogens is 248 g/mol. The molecule has 2 aliphatic heterocycles. The molecule has 2 fully saturated rings. The average Bonchev–Trinajstić information content (AvgIpc) is 3.05. The minimum Gasteiger partial charge on any atom is -0.496 e. The fourth-order valence-corrected chi connectivity index (χ4v) is 3.81. The van der Waals surface area contributed by atoms with Gasteiger partial charge >= 0.3 is 0 Å². The van der Waals surface area contributed by atoms with Crippen LogP contribution in [0.25, 0.3) is 0 Å². The molecule has 1 aromatic rings. The lowest BCUT2D eigenvalue weighted by molar-refractivity contribution is 0.0579. The maximum atomic E-state index is 12.5. The molecule has 0 aliphatic carbocycles. The lowest BCUT2D eigenvalue weighted by Crippen LogP contribution is -2.48. The Kier molecular flexibility index (Phi) is 3.26. The molecule has 5 heteroatoms. The topological polar surface area (TPSA) is 41.6 Å². The molecule has 1 N–H and O–H groups in total. The van der Waals surface area contributed by atoms with Crippen molar-refractivity contribution in [2.75, 3.05) is 26.7 Å². The highest BCUT2D eigenvalue weighted by Gasteiger charge is 2.37. The Morgan fingerprint density at radius 2 is 2.44 bits per heavy atom. The molecule has 2 aliphatic rings. The Morgan fingerprint density at radius 3 is 3.22 bits per heavy atom. The van der Waals surface area contributed by atoms with E-state index in [0.717, 1.165) is 36.7 Å². The molecule has 98 valence electrons. The first-order chi connectivity index (χ1) is 8.79. The predicted molar refractivity (Wildman–Crippen MR) is 71.3 cm³/mol. The molecule has 0 aromatic carbocycles. The van der Waals surface area contributed by atoms with E-state index in [9.17, 15) is 4.79 Å². The van der Waals surface area contributed by atoms with Gasteiger partial charge in [-0.1, -0.05) is 0 Å². The molecule has 2 atom stereocenters. The number of nitrogens with one attached hydrogen (secondary N) is 1. The van der Waals surface area contributed by atoms with Gasteiger partial charge in [-0.25, -0.2) is 0 Å². The number of hydrogen-bond donors (Lipinski definition) is 1. The first-order valence-corrected chi connectivity index (χ1v) is 7.32. The Hall–Kier alpha value is -1.07. The van der Waals surface area contributed by atoms with Crippen molar-refractivity contribution < 1.29 is 9.53 Å². The van der Waals surface area contributed by atoms with Crippen LogP contribution in [0.15, 0.2) is 11.4 Å². The third kappa shape index (κ3) is 2.01. The van der Waals surface area contributed by atoms with Gasteiger partial charge in [-0.05, 0) is 18.8 Å². The molecule has 18 heavy (non-hydrogen) atoms. The van der Waals surface area contributed by atoms with Crippen molar-refractivity contribution in [1.82, 2.24) is 10.2 Å². The number of thiophene rings is 1. The SMILES string of the molecule is COc1csc(C(=O)N2CCCC3CNCC32)c1. The van der Waals surface area contributed by atoms with E-state index in [-0.39, 0.29) is 5.91 Å². The second-order valence-corrected chi connectivity index (χ2v) is 5.89. The van der Waals surface area contributed by atoms with Gasteiger partial charge in [0.05, 0.1) is 12.0 Å². The summed E-state index contributed by atoms with van der Waals surface area (Å²) in [6.07, 6.45) is 2.37. The summed E-state index contributed by atoms with van der Waals surface area (Å²) in [5, 5.41) is 5.29. The highest BCUT2D eigenvalue weighted by Crippen LogP contribution is 2.30. The Bertz CT molecular complexity index is 446. The third-order valence-corrected chi connectivity index (χ3v) is 4.86.